The second-order valence-corrected chi connectivity index (χ2v) is 4.26. The van der Waals surface area contributed by atoms with E-state index in [1.165, 1.54) is 0 Å². The van der Waals surface area contributed by atoms with Gasteiger partial charge < -0.3 is 5.32 Å². The molecule has 0 radical (unpaired) electrons. The van der Waals surface area contributed by atoms with Gasteiger partial charge in [-0.1, -0.05) is 6.92 Å². The number of hydrogen-bond acceptors (Lipinski definition) is 3. The minimum atomic E-state index is 0.113. The first-order valence-electron chi connectivity index (χ1n) is 3.17. The molecule has 0 aromatic carbocycles. The first kappa shape index (κ1) is 10.2. The summed E-state index contributed by atoms with van der Waals surface area (Å²) in [5.41, 5.74) is 0. The fourth-order valence-electron chi connectivity index (χ4n) is 0.349. The molecule has 0 saturated carbocycles. The van der Waals surface area contributed by atoms with Crippen LogP contribution in [0.4, 0.5) is 0 Å². The second kappa shape index (κ2) is 7.28. The van der Waals surface area contributed by atoms with E-state index in [0.717, 1.165) is 10.8 Å². The molecular weight excluding hydrogens is 166 g/mol. The number of amides is 1. The van der Waals surface area contributed by atoms with E-state index in [-0.39, 0.29) is 5.91 Å². The van der Waals surface area contributed by atoms with Crippen molar-refractivity contribution in [1.29, 1.82) is 0 Å². The molecule has 4 heteroatoms. The number of nitrogens with one attached hydrogen (secondary N) is 1. The van der Waals surface area contributed by atoms with E-state index in [1.807, 2.05) is 11.8 Å². The lowest BCUT2D eigenvalue weighted by Gasteiger charge is -1.97. The first-order valence-corrected chi connectivity index (χ1v) is 5.48. The number of thioether (sulfide) groups is 2. The number of hydrogen-bond donors (Lipinski definition) is 1. The Morgan fingerprint density at radius 2 is 2.20 bits per heavy atom. The Morgan fingerprint density at radius 3 is 2.70 bits per heavy atom. The zero-order valence-corrected chi connectivity index (χ0v) is 7.98. The van der Waals surface area contributed by atoms with Crippen molar-refractivity contribution >= 4 is 29.4 Å². The molecule has 0 aliphatic carbocycles. The predicted molar refractivity (Wildman–Crippen MR) is 49.5 cm³/mol. The summed E-state index contributed by atoms with van der Waals surface area (Å²) in [6.45, 7) is 2.12. The van der Waals surface area contributed by atoms with Crippen molar-refractivity contribution in [3.05, 3.63) is 0 Å². The number of carbonyl (C=O) groups is 1. The van der Waals surface area contributed by atoms with Crippen LogP contribution >= 0.6 is 23.5 Å². The summed E-state index contributed by atoms with van der Waals surface area (Å²) >= 11 is 3.50. The molecule has 0 bridgehead atoms. The first-order chi connectivity index (χ1) is 4.81. The van der Waals surface area contributed by atoms with Crippen molar-refractivity contribution in [2.75, 3.05) is 23.6 Å². The summed E-state index contributed by atoms with van der Waals surface area (Å²) in [5.74, 6) is 1.83. The normalized spacial score (nSPS) is 9.40. The van der Waals surface area contributed by atoms with Crippen molar-refractivity contribution < 1.29 is 4.79 Å². The lowest BCUT2D eigenvalue weighted by Crippen LogP contribution is -2.19. The highest BCUT2D eigenvalue weighted by Gasteiger charge is 1.95. The van der Waals surface area contributed by atoms with Crippen LogP contribution in [0, 0.1) is 0 Å². The smallest absolute Gasteiger partial charge is 0.229 e. The third-order valence-corrected chi connectivity index (χ3v) is 3.09. The van der Waals surface area contributed by atoms with E-state index in [4.69, 9.17) is 0 Å². The van der Waals surface area contributed by atoms with Gasteiger partial charge in [0.1, 0.15) is 0 Å². The SMILES string of the molecule is CCSCSCC(=O)NC. The van der Waals surface area contributed by atoms with Crippen LogP contribution in [0.5, 0.6) is 0 Å². The molecule has 0 saturated heterocycles. The van der Waals surface area contributed by atoms with Gasteiger partial charge in [-0.25, -0.2) is 0 Å². The van der Waals surface area contributed by atoms with Crippen molar-refractivity contribution in [3.63, 3.8) is 0 Å². The Labute approximate surface area is 70.5 Å². The van der Waals surface area contributed by atoms with Gasteiger partial charge in [-0.2, -0.15) is 11.8 Å². The highest BCUT2D eigenvalue weighted by atomic mass is 32.2. The maximum absolute atomic E-state index is 10.6. The zero-order chi connectivity index (χ0) is 7.82. The van der Waals surface area contributed by atoms with Gasteiger partial charge in [0.15, 0.2) is 0 Å². The maximum atomic E-state index is 10.6. The van der Waals surface area contributed by atoms with Crippen LogP contribution in [0.1, 0.15) is 6.92 Å². The van der Waals surface area contributed by atoms with Crippen molar-refractivity contribution in [2.45, 2.75) is 6.92 Å². The van der Waals surface area contributed by atoms with Crippen LogP contribution in [0.25, 0.3) is 0 Å². The monoisotopic (exact) mass is 179 g/mol. The molecule has 2 nitrogen and oxygen atoms in total. The Balaban J connectivity index is 2.96. The standard InChI is InChI=1S/C6H13NOS2/c1-3-9-5-10-4-6(8)7-2/h3-5H2,1-2H3,(H,7,8). The molecule has 0 aromatic heterocycles. The van der Waals surface area contributed by atoms with Gasteiger partial charge in [-0.15, -0.1) is 11.8 Å². The highest BCUT2D eigenvalue weighted by Crippen LogP contribution is 2.10. The van der Waals surface area contributed by atoms with Gasteiger partial charge in [0, 0.05) is 12.1 Å². The van der Waals surface area contributed by atoms with Crippen LogP contribution in [0.3, 0.4) is 0 Å². The van der Waals surface area contributed by atoms with E-state index in [0.29, 0.717) is 5.75 Å². The van der Waals surface area contributed by atoms with Gasteiger partial charge in [-0.05, 0) is 5.75 Å². The third-order valence-electron chi connectivity index (χ3n) is 0.883. The average molecular weight is 179 g/mol. The van der Waals surface area contributed by atoms with E-state index in [1.54, 1.807) is 18.8 Å². The number of rotatable bonds is 5. The summed E-state index contributed by atoms with van der Waals surface area (Å²) in [4.78, 5) is 10.6. The fourth-order valence-corrected chi connectivity index (χ4v) is 2.15. The van der Waals surface area contributed by atoms with Crippen LogP contribution in [0.15, 0.2) is 0 Å². The molecule has 0 aromatic rings. The van der Waals surface area contributed by atoms with Crippen molar-refractivity contribution in [1.82, 2.24) is 5.32 Å². The highest BCUT2D eigenvalue weighted by molar-refractivity contribution is 8.16. The lowest BCUT2D eigenvalue weighted by atomic mass is 10.7. The molecule has 1 N–H and O–H groups in total. The second-order valence-electron chi connectivity index (χ2n) is 1.63. The molecular formula is C6H13NOS2. The summed E-state index contributed by atoms with van der Waals surface area (Å²) in [6.07, 6.45) is 0. The maximum Gasteiger partial charge on any atom is 0.229 e. The molecule has 0 spiro atoms. The van der Waals surface area contributed by atoms with Crippen molar-refractivity contribution in [2.24, 2.45) is 0 Å². The van der Waals surface area contributed by atoms with Gasteiger partial charge in [0.05, 0.1) is 5.75 Å². The van der Waals surface area contributed by atoms with Gasteiger partial charge in [0.2, 0.25) is 5.91 Å². The topological polar surface area (TPSA) is 29.1 Å². The number of carbonyl (C=O) groups excluding carboxylic acids is 1. The summed E-state index contributed by atoms with van der Waals surface area (Å²) in [7, 11) is 1.66. The quantitative estimate of drug-likeness (QED) is 0.507. The molecule has 1 amide bonds. The van der Waals surface area contributed by atoms with Gasteiger partial charge in [-0.3, -0.25) is 4.79 Å². The lowest BCUT2D eigenvalue weighted by molar-refractivity contribution is -0.118. The van der Waals surface area contributed by atoms with E-state index >= 15 is 0 Å². The molecule has 0 atom stereocenters. The van der Waals surface area contributed by atoms with E-state index in [9.17, 15) is 4.79 Å². The predicted octanol–water partition coefficient (Wildman–Crippen LogP) is 1.18. The van der Waals surface area contributed by atoms with E-state index in [2.05, 4.69) is 12.2 Å². The molecule has 0 fully saturated rings. The average Bonchev–Trinajstić information content (AvgIpc) is 1.98. The summed E-state index contributed by atoms with van der Waals surface area (Å²) in [6, 6.07) is 0. The molecule has 10 heavy (non-hydrogen) atoms. The summed E-state index contributed by atoms with van der Waals surface area (Å²) in [5, 5.41) is 3.59. The van der Waals surface area contributed by atoms with E-state index < -0.39 is 0 Å². The van der Waals surface area contributed by atoms with Crippen molar-refractivity contribution in [3.8, 4) is 0 Å². The molecule has 60 valence electrons. The van der Waals surface area contributed by atoms with Crippen LogP contribution in [-0.2, 0) is 4.79 Å². The Morgan fingerprint density at radius 1 is 1.50 bits per heavy atom. The van der Waals surface area contributed by atoms with Crippen LogP contribution < -0.4 is 5.32 Å². The van der Waals surface area contributed by atoms with Gasteiger partial charge in [0.25, 0.3) is 0 Å². The Kier molecular flexibility index (Phi) is 7.40. The molecule has 0 aliphatic rings. The molecule has 0 heterocycles. The van der Waals surface area contributed by atoms with Crippen LogP contribution in [-0.4, -0.2) is 29.5 Å². The Bertz CT molecular complexity index is 97.7. The fraction of sp³-hybridized carbons (Fsp3) is 0.833. The van der Waals surface area contributed by atoms with Crippen LogP contribution in [0.2, 0.25) is 0 Å². The minimum absolute atomic E-state index is 0.113. The largest absolute Gasteiger partial charge is 0.358 e. The zero-order valence-electron chi connectivity index (χ0n) is 6.35. The molecule has 0 rings (SSSR count). The van der Waals surface area contributed by atoms with Gasteiger partial charge >= 0.3 is 0 Å². The molecule has 0 unspecified atom stereocenters. The Hall–Kier alpha value is 0.170. The molecule has 0 aliphatic heterocycles. The third kappa shape index (κ3) is 6.29. The summed E-state index contributed by atoms with van der Waals surface area (Å²) < 4.78 is 0. The minimum Gasteiger partial charge on any atom is -0.358 e.